The van der Waals surface area contributed by atoms with E-state index in [2.05, 4.69) is 17.4 Å². The van der Waals surface area contributed by atoms with Gasteiger partial charge in [-0.3, -0.25) is 0 Å². The highest BCUT2D eigenvalue weighted by molar-refractivity contribution is 6.42. The quantitative estimate of drug-likeness (QED) is 0.533. The Bertz CT molecular complexity index is 758. The van der Waals surface area contributed by atoms with Crippen molar-refractivity contribution in [2.45, 2.75) is 64.1 Å². The lowest BCUT2D eigenvalue weighted by Gasteiger charge is -2.21. The minimum Gasteiger partial charge on any atom is -0.493 e. The molecule has 0 heterocycles. The van der Waals surface area contributed by atoms with Crippen LogP contribution in [0, 0.1) is 0 Å². The average Bonchev–Trinajstić information content (AvgIpc) is 2.68. The fourth-order valence-electron chi connectivity index (χ4n) is 3.65. The molecule has 0 spiro atoms. The summed E-state index contributed by atoms with van der Waals surface area (Å²) in [6.07, 6.45) is 9.37. The van der Waals surface area contributed by atoms with Gasteiger partial charge < -0.3 is 14.8 Å². The largest absolute Gasteiger partial charge is 0.493 e. The van der Waals surface area contributed by atoms with Gasteiger partial charge >= 0.3 is 0 Å². The van der Waals surface area contributed by atoms with Gasteiger partial charge in [-0.1, -0.05) is 67.4 Å². The van der Waals surface area contributed by atoms with E-state index in [-0.39, 0.29) is 0 Å². The van der Waals surface area contributed by atoms with E-state index in [1.54, 1.807) is 13.2 Å². The lowest BCUT2D eigenvalue weighted by Crippen LogP contribution is -2.29. The molecular formula is C23H29Cl2NO2. The SMILES string of the molecule is COc1cc(CNC2CCCCCCC2)ccc1OCc1ccc(Cl)c(Cl)c1. The predicted molar refractivity (Wildman–Crippen MR) is 117 cm³/mol. The van der Waals surface area contributed by atoms with Gasteiger partial charge in [0.1, 0.15) is 6.61 Å². The van der Waals surface area contributed by atoms with Crippen LogP contribution in [0.4, 0.5) is 0 Å². The number of hydrogen-bond acceptors (Lipinski definition) is 3. The molecule has 2 aromatic carbocycles. The number of methoxy groups -OCH3 is 1. The second kappa shape index (κ2) is 10.9. The van der Waals surface area contributed by atoms with Crippen LogP contribution in [0.1, 0.15) is 56.1 Å². The summed E-state index contributed by atoms with van der Waals surface area (Å²) >= 11 is 12.0. The normalized spacial score (nSPS) is 15.7. The first kappa shape index (κ1) is 21.3. The summed E-state index contributed by atoms with van der Waals surface area (Å²) in [5.74, 6) is 1.47. The zero-order valence-electron chi connectivity index (χ0n) is 16.5. The van der Waals surface area contributed by atoms with Crippen molar-refractivity contribution in [3.63, 3.8) is 0 Å². The van der Waals surface area contributed by atoms with Gasteiger partial charge in [0.15, 0.2) is 11.5 Å². The molecule has 0 radical (unpaired) electrons. The van der Waals surface area contributed by atoms with Crippen LogP contribution < -0.4 is 14.8 Å². The van der Waals surface area contributed by atoms with Crippen LogP contribution in [0.25, 0.3) is 0 Å². The van der Waals surface area contributed by atoms with Crippen LogP contribution in [0.5, 0.6) is 11.5 Å². The standard InChI is InChI=1S/C23H29Cl2NO2/c1-27-23-14-17(15-26-19-7-5-3-2-4-6-8-19)10-12-22(23)28-16-18-9-11-20(24)21(25)13-18/h9-14,19,26H,2-8,15-16H2,1H3. The first-order valence-electron chi connectivity index (χ1n) is 10.1. The Labute approximate surface area is 178 Å². The van der Waals surface area contributed by atoms with Crippen molar-refractivity contribution in [3.05, 3.63) is 57.6 Å². The Morgan fingerprint density at radius 2 is 1.57 bits per heavy atom. The lowest BCUT2D eigenvalue weighted by molar-refractivity contribution is 0.284. The summed E-state index contributed by atoms with van der Waals surface area (Å²) < 4.78 is 11.5. The highest BCUT2D eigenvalue weighted by Crippen LogP contribution is 2.30. The Balaban J connectivity index is 1.57. The van der Waals surface area contributed by atoms with Crippen LogP contribution in [0.2, 0.25) is 10.0 Å². The maximum absolute atomic E-state index is 6.07. The first-order chi connectivity index (χ1) is 13.7. The minimum atomic E-state index is 0.410. The molecule has 5 heteroatoms. The van der Waals surface area contributed by atoms with Crippen molar-refractivity contribution in [2.24, 2.45) is 0 Å². The summed E-state index contributed by atoms with van der Waals surface area (Å²) in [5, 5.41) is 4.80. The molecule has 0 amide bonds. The van der Waals surface area contributed by atoms with Gasteiger partial charge in [0.05, 0.1) is 17.2 Å². The maximum atomic E-state index is 6.07. The summed E-state index contributed by atoms with van der Waals surface area (Å²) in [4.78, 5) is 0. The highest BCUT2D eigenvalue weighted by atomic mass is 35.5. The maximum Gasteiger partial charge on any atom is 0.161 e. The summed E-state index contributed by atoms with van der Waals surface area (Å²) in [6.45, 7) is 1.26. The fraction of sp³-hybridized carbons (Fsp3) is 0.478. The van der Waals surface area contributed by atoms with E-state index in [0.29, 0.717) is 22.7 Å². The van der Waals surface area contributed by atoms with Gasteiger partial charge in [-0.05, 0) is 48.2 Å². The molecule has 152 valence electrons. The van der Waals surface area contributed by atoms with E-state index >= 15 is 0 Å². The molecular weight excluding hydrogens is 393 g/mol. The van der Waals surface area contributed by atoms with Crippen molar-refractivity contribution in [1.29, 1.82) is 0 Å². The number of hydrogen-bond donors (Lipinski definition) is 1. The number of ether oxygens (including phenoxy) is 2. The molecule has 0 bridgehead atoms. The van der Waals surface area contributed by atoms with Crippen LogP contribution in [-0.4, -0.2) is 13.2 Å². The van der Waals surface area contributed by atoms with Crippen molar-refractivity contribution in [3.8, 4) is 11.5 Å². The molecule has 3 rings (SSSR count). The van der Waals surface area contributed by atoms with Crippen molar-refractivity contribution < 1.29 is 9.47 Å². The van der Waals surface area contributed by atoms with Gasteiger partial charge in [0.25, 0.3) is 0 Å². The second-order valence-corrected chi connectivity index (χ2v) is 8.26. The zero-order chi connectivity index (χ0) is 19.8. The minimum absolute atomic E-state index is 0.410. The van der Waals surface area contributed by atoms with Crippen molar-refractivity contribution in [2.75, 3.05) is 7.11 Å². The molecule has 0 aliphatic heterocycles. The second-order valence-electron chi connectivity index (χ2n) is 7.45. The van der Waals surface area contributed by atoms with E-state index in [9.17, 15) is 0 Å². The van der Waals surface area contributed by atoms with Crippen molar-refractivity contribution >= 4 is 23.2 Å². The summed E-state index contributed by atoms with van der Waals surface area (Å²) in [5.41, 5.74) is 2.17. The molecule has 0 unspecified atom stereocenters. The highest BCUT2D eigenvalue weighted by Gasteiger charge is 2.12. The smallest absolute Gasteiger partial charge is 0.161 e. The van der Waals surface area contributed by atoms with Gasteiger partial charge in [0.2, 0.25) is 0 Å². The van der Waals surface area contributed by atoms with E-state index < -0.39 is 0 Å². The zero-order valence-corrected chi connectivity index (χ0v) is 18.0. The molecule has 1 saturated carbocycles. The Hall–Kier alpha value is -1.42. The van der Waals surface area contributed by atoms with Gasteiger partial charge in [-0.25, -0.2) is 0 Å². The number of nitrogens with one attached hydrogen (secondary N) is 1. The Morgan fingerprint density at radius 3 is 2.29 bits per heavy atom. The number of benzene rings is 2. The van der Waals surface area contributed by atoms with Crippen LogP contribution in [-0.2, 0) is 13.2 Å². The monoisotopic (exact) mass is 421 g/mol. The predicted octanol–water partition coefficient (Wildman–Crippen LogP) is 6.78. The van der Waals surface area contributed by atoms with Crippen LogP contribution in [0.3, 0.4) is 0 Å². The van der Waals surface area contributed by atoms with E-state index in [4.69, 9.17) is 32.7 Å². The van der Waals surface area contributed by atoms with E-state index in [1.165, 1.54) is 50.5 Å². The third kappa shape index (κ3) is 6.30. The molecule has 0 saturated heterocycles. The molecule has 1 aliphatic rings. The number of rotatable bonds is 7. The van der Waals surface area contributed by atoms with Crippen molar-refractivity contribution in [1.82, 2.24) is 5.32 Å². The molecule has 0 atom stereocenters. The Morgan fingerprint density at radius 1 is 0.857 bits per heavy atom. The molecule has 0 aromatic heterocycles. The molecule has 3 nitrogen and oxygen atoms in total. The topological polar surface area (TPSA) is 30.5 Å². The van der Waals surface area contributed by atoms with Crippen LogP contribution >= 0.6 is 23.2 Å². The van der Waals surface area contributed by atoms with Gasteiger partial charge in [-0.2, -0.15) is 0 Å². The summed E-state index contributed by atoms with van der Waals surface area (Å²) in [6, 6.07) is 12.3. The van der Waals surface area contributed by atoms with E-state index in [0.717, 1.165) is 23.6 Å². The first-order valence-corrected chi connectivity index (χ1v) is 10.9. The lowest BCUT2D eigenvalue weighted by atomic mass is 9.96. The third-order valence-corrected chi connectivity index (χ3v) is 6.05. The molecule has 2 aromatic rings. The molecule has 1 aliphatic carbocycles. The van der Waals surface area contributed by atoms with E-state index in [1.807, 2.05) is 18.2 Å². The average molecular weight is 422 g/mol. The summed E-state index contributed by atoms with van der Waals surface area (Å²) in [7, 11) is 1.67. The van der Waals surface area contributed by atoms with Crippen LogP contribution in [0.15, 0.2) is 36.4 Å². The molecule has 1 fully saturated rings. The fourth-order valence-corrected chi connectivity index (χ4v) is 3.97. The third-order valence-electron chi connectivity index (χ3n) is 5.31. The van der Waals surface area contributed by atoms with Gasteiger partial charge in [0, 0.05) is 12.6 Å². The molecule has 1 N–H and O–H groups in total. The molecule has 28 heavy (non-hydrogen) atoms. The van der Waals surface area contributed by atoms with Gasteiger partial charge in [-0.15, -0.1) is 0 Å². The Kier molecular flexibility index (Phi) is 8.32. The number of halogens is 2.